The lowest BCUT2D eigenvalue weighted by Crippen LogP contribution is -2.23. The van der Waals surface area contributed by atoms with Crippen LogP contribution < -0.4 is 9.47 Å². The summed E-state index contributed by atoms with van der Waals surface area (Å²) in [6, 6.07) is 16.5. The van der Waals surface area contributed by atoms with Gasteiger partial charge in [0, 0.05) is 27.4 Å². The highest BCUT2D eigenvalue weighted by Crippen LogP contribution is 2.34. The molecule has 2 aromatic rings. The van der Waals surface area contributed by atoms with Crippen molar-refractivity contribution in [2.45, 2.75) is 106 Å². The molecule has 6 heteroatoms. The van der Waals surface area contributed by atoms with Crippen LogP contribution in [0.15, 0.2) is 48.5 Å². The molecular weight excluding hydrogens is 524 g/mol. The number of hydrogen-bond acceptors (Lipinski definition) is 6. The summed E-state index contributed by atoms with van der Waals surface area (Å²) in [5.41, 5.74) is 2.22. The van der Waals surface area contributed by atoms with Gasteiger partial charge in [-0.2, -0.15) is 23.5 Å². The third-order valence-electron chi connectivity index (χ3n) is 8.19. The maximum atomic E-state index is 10.4. The fraction of sp³-hybridized carbons (Fsp3) is 0.636. The van der Waals surface area contributed by atoms with Crippen molar-refractivity contribution >= 4 is 23.5 Å². The number of thioether (sulfide) groups is 2. The van der Waals surface area contributed by atoms with Gasteiger partial charge in [0.15, 0.2) is 0 Å². The van der Waals surface area contributed by atoms with Crippen molar-refractivity contribution in [2.75, 3.05) is 24.7 Å². The highest BCUT2D eigenvalue weighted by molar-refractivity contribution is 8.00. The van der Waals surface area contributed by atoms with Crippen LogP contribution in [0.1, 0.15) is 89.2 Å². The molecule has 39 heavy (non-hydrogen) atoms. The van der Waals surface area contributed by atoms with Crippen molar-refractivity contribution in [1.29, 1.82) is 0 Å². The van der Waals surface area contributed by atoms with E-state index >= 15 is 0 Å². The normalized spacial score (nSPS) is 19.0. The first-order valence-electron chi connectivity index (χ1n) is 15.0. The molecule has 2 atom stereocenters. The van der Waals surface area contributed by atoms with E-state index in [9.17, 15) is 10.2 Å². The molecule has 0 amide bonds. The van der Waals surface area contributed by atoms with E-state index < -0.39 is 12.2 Å². The molecule has 4 rings (SSSR count). The molecule has 2 aromatic carbocycles. The molecule has 0 aliphatic heterocycles. The fourth-order valence-electron chi connectivity index (χ4n) is 5.54. The molecule has 0 radical (unpaired) electrons. The van der Waals surface area contributed by atoms with Crippen LogP contribution in [0.2, 0.25) is 0 Å². The zero-order valence-electron chi connectivity index (χ0n) is 23.9. The summed E-state index contributed by atoms with van der Waals surface area (Å²) in [6.07, 6.45) is 12.3. The first-order chi connectivity index (χ1) is 18.9. The van der Waals surface area contributed by atoms with Crippen molar-refractivity contribution < 1.29 is 19.7 Å². The van der Waals surface area contributed by atoms with Crippen molar-refractivity contribution in [1.82, 2.24) is 0 Å². The standard InChI is InChI=1S/C33H48O4S2/c1-33(2,25-13-17-29(18-14-25)36-21-27(34)23-38-31-9-5-3-6-10-31)26-15-19-30(20-16-26)37-22-28(35)24-39-32-11-7-4-8-12-32/h13-20,27-28,31-32,34-35H,3-12,21-24H2,1-2H3. The molecule has 0 aromatic heterocycles. The van der Waals surface area contributed by atoms with Gasteiger partial charge in [-0.05, 0) is 61.1 Å². The lowest BCUT2D eigenvalue weighted by atomic mass is 9.78. The Morgan fingerprint density at radius 2 is 1.00 bits per heavy atom. The Morgan fingerprint density at radius 1 is 0.641 bits per heavy atom. The van der Waals surface area contributed by atoms with Gasteiger partial charge in [0.2, 0.25) is 0 Å². The van der Waals surface area contributed by atoms with Gasteiger partial charge in [0.25, 0.3) is 0 Å². The number of benzene rings is 2. The Balaban J connectivity index is 1.20. The molecule has 2 aliphatic rings. The smallest absolute Gasteiger partial charge is 0.119 e. The molecular formula is C33H48O4S2. The molecule has 2 aliphatic carbocycles. The quantitative estimate of drug-likeness (QED) is 0.243. The predicted molar refractivity (Wildman–Crippen MR) is 167 cm³/mol. The topological polar surface area (TPSA) is 58.9 Å². The van der Waals surface area contributed by atoms with Crippen LogP contribution >= 0.6 is 23.5 Å². The Hall–Kier alpha value is -1.34. The number of ether oxygens (including phenoxy) is 2. The summed E-state index contributed by atoms with van der Waals surface area (Å²) < 4.78 is 11.8. The maximum absolute atomic E-state index is 10.4. The molecule has 0 heterocycles. The van der Waals surface area contributed by atoms with Crippen LogP contribution in [0, 0.1) is 0 Å². The Labute approximate surface area is 244 Å². The molecule has 2 unspecified atom stereocenters. The van der Waals surface area contributed by atoms with Crippen LogP contribution in [-0.2, 0) is 5.41 Å². The van der Waals surface area contributed by atoms with E-state index in [4.69, 9.17) is 9.47 Å². The number of aliphatic hydroxyl groups is 2. The summed E-state index contributed by atoms with van der Waals surface area (Å²) in [6.45, 7) is 5.10. The molecule has 0 saturated heterocycles. The second kappa shape index (κ2) is 15.6. The van der Waals surface area contributed by atoms with E-state index in [-0.39, 0.29) is 5.41 Å². The van der Waals surface area contributed by atoms with Crippen molar-refractivity contribution in [2.24, 2.45) is 0 Å². The van der Waals surface area contributed by atoms with E-state index in [0.717, 1.165) is 23.0 Å². The van der Waals surface area contributed by atoms with Crippen molar-refractivity contribution in [3.8, 4) is 11.5 Å². The van der Waals surface area contributed by atoms with Crippen LogP contribution in [0.4, 0.5) is 0 Å². The van der Waals surface area contributed by atoms with Crippen molar-refractivity contribution in [3.63, 3.8) is 0 Å². The second-order valence-corrected chi connectivity index (χ2v) is 14.5. The molecule has 2 N–H and O–H groups in total. The second-order valence-electron chi connectivity index (χ2n) is 11.8. The third-order valence-corrected chi connectivity index (χ3v) is 11.2. The third kappa shape index (κ3) is 9.91. The summed E-state index contributed by atoms with van der Waals surface area (Å²) in [4.78, 5) is 0. The van der Waals surface area contributed by atoms with Crippen LogP contribution in [0.3, 0.4) is 0 Å². The van der Waals surface area contributed by atoms with Gasteiger partial charge in [-0.15, -0.1) is 0 Å². The average Bonchev–Trinajstić information content (AvgIpc) is 2.98. The van der Waals surface area contributed by atoms with Crippen LogP contribution in [-0.4, -0.2) is 57.6 Å². The number of rotatable bonds is 14. The van der Waals surface area contributed by atoms with Gasteiger partial charge in [-0.3, -0.25) is 0 Å². The van der Waals surface area contributed by atoms with Gasteiger partial charge in [0.05, 0.1) is 12.2 Å². The number of aliphatic hydroxyl groups excluding tert-OH is 2. The summed E-state index contributed by atoms with van der Waals surface area (Å²) in [5, 5.41) is 22.2. The highest BCUT2D eigenvalue weighted by atomic mass is 32.2. The minimum atomic E-state index is -0.439. The van der Waals surface area contributed by atoms with E-state index in [1.807, 2.05) is 47.8 Å². The fourth-order valence-corrected chi connectivity index (χ4v) is 8.06. The molecule has 2 saturated carbocycles. The van der Waals surface area contributed by atoms with Gasteiger partial charge < -0.3 is 19.7 Å². The van der Waals surface area contributed by atoms with E-state index in [1.165, 1.54) is 75.3 Å². The number of hydrogen-bond donors (Lipinski definition) is 2. The summed E-state index contributed by atoms with van der Waals surface area (Å²) >= 11 is 3.81. The zero-order chi connectivity index (χ0) is 27.5. The lowest BCUT2D eigenvalue weighted by molar-refractivity contribution is 0.126. The van der Waals surface area contributed by atoms with E-state index in [1.54, 1.807) is 0 Å². The monoisotopic (exact) mass is 572 g/mol. The largest absolute Gasteiger partial charge is 0.491 e. The van der Waals surface area contributed by atoms with Crippen molar-refractivity contribution in [3.05, 3.63) is 59.7 Å². The molecule has 4 nitrogen and oxygen atoms in total. The van der Waals surface area contributed by atoms with Crippen LogP contribution in [0.5, 0.6) is 11.5 Å². The molecule has 0 spiro atoms. The summed E-state index contributed by atoms with van der Waals surface area (Å²) in [5.74, 6) is 3.07. The van der Waals surface area contributed by atoms with E-state index in [0.29, 0.717) is 23.7 Å². The summed E-state index contributed by atoms with van der Waals surface area (Å²) in [7, 11) is 0. The Kier molecular flexibility index (Phi) is 12.2. The Bertz CT molecular complexity index is 873. The first kappa shape index (κ1) is 30.6. The van der Waals surface area contributed by atoms with Gasteiger partial charge in [-0.25, -0.2) is 0 Å². The zero-order valence-corrected chi connectivity index (χ0v) is 25.5. The SMILES string of the molecule is CC(C)(c1ccc(OCC(O)CSC2CCCCC2)cc1)c1ccc(OCC(O)CSC2CCCCC2)cc1. The minimum absolute atomic E-state index is 0.177. The minimum Gasteiger partial charge on any atom is -0.491 e. The first-order valence-corrected chi connectivity index (χ1v) is 17.1. The van der Waals surface area contributed by atoms with Crippen LogP contribution in [0.25, 0.3) is 0 Å². The molecule has 216 valence electrons. The lowest BCUT2D eigenvalue weighted by Gasteiger charge is -2.27. The van der Waals surface area contributed by atoms with Gasteiger partial charge >= 0.3 is 0 Å². The van der Waals surface area contributed by atoms with E-state index in [2.05, 4.69) is 38.1 Å². The maximum Gasteiger partial charge on any atom is 0.119 e. The molecule has 2 fully saturated rings. The van der Waals surface area contributed by atoms with Gasteiger partial charge in [0.1, 0.15) is 24.7 Å². The predicted octanol–water partition coefficient (Wildman–Crippen LogP) is 7.62. The van der Waals surface area contributed by atoms with Gasteiger partial charge in [-0.1, -0.05) is 76.6 Å². The highest BCUT2D eigenvalue weighted by Gasteiger charge is 2.23. The average molecular weight is 573 g/mol. The Morgan fingerprint density at radius 3 is 1.36 bits per heavy atom. The molecule has 0 bridgehead atoms.